The van der Waals surface area contributed by atoms with Gasteiger partial charge in [-0.25, -0.2) is 4.39 Å². The zero-order valence-electron chi connectivity index (χ0n) is 9.79. The fourth-order valence-corrected chi connectivity index (χ4v) is 1.27. The molecule has 0 spiro atoms. The van der Waals surface area contributed by atoms with Crippen LogP contribution in [-0.2, 0) is 4.79 Å². The van der Waals surface area contributed by atoms with Crippen LogP contribution in [0.1, 0.15) is 24.2 Å². The molecular formula is C12H15FN2O2. The van der Waals surface area contributed by atoms with Crippen LogP contribution in [0.3, 0.4) is 0 Å². The molecule has 0 saturated carbocycles. The van der Waals surface area contributed by atoms with Crippen LogP contribution in [0.4, 0.5) is 4.39 Å². The van der Waals surface area contributed by atoms with Crippen molar-refractivity contribution in [3.63, 3.8) is 0 Å². The largest absolute Gasteiger partial charge is 0.352 e. The first-order valence-corrected chi connectivity index (χ1v) is 5.33. The molecule has 0 aliphatic carbocycles. The van der Waals surface area contributed by atoms with Crippen molar-refractivity contribution in [2.24, 2.45) is 0 Å². The Balaban J connectivity index is 2.51. The van der Waals surface area contributed by atoms with Gasteiger partial charge in [-0.05, 0) is 26.0 Å². The molecule has 0 heterocycles. The summed E-state index contributed by atoms with van der Waals surface area (Å²) in [6.07, 6.45) is 0. The minimum Gasteiger partial charge on any atom is -0.352 e. The molecule has 0 bridgehead atoms. The summed E-state index contributed by atoms with van der Waals surface area (Å²) in [4.78, 5) is 22.8. The zero-order chi connectivity index (χ0) is 12.8. The Labute approximate surface area is 99.2 Å². The molecule has 1 aromatic carbocycles. The van der Waals surface area contributed by atoms with Gasteiger partial charge in [-0.3, -0.25) is 9.59 Å². The lowest BCUT2D eigenvalue weighted by Gasteiger charge is -2.09. The van der Waals surface area contributed by atoms with E-state index in [4.69, 9.17) is 0 Å². The molecule has 17 heavy (non-hydrogen) atoms. The molecule has 4 nitrogen and oxygen atoms in total. The summed E-state index contributed by atoms with van der Waals surface area (Å²) < 4.78 is 13.2. The molecule has 5 heteroatoms. The summed E-state index contributed by atoms with van der Waals surface area (Å²) in [6.45, 7) is 3.47. The van der Waals surface area contributed by atoms with E-state index in [0.717, 1.165) is 0 Å². The standard InChI is InChI=1S/C12H15FN2O2/c1-8(2)15-11(16)7-14-12(17)9-5-3-4-6-10(9)13/h3-6,8H,7H2,1-2H3,(H,14,17)(H,15,16). The molecular weight excluding hydrogens is 223 g/mol. The predicted molar refractivity (Wildman–Crippen MR) is 62.0 cm³/mol. The van der Waals surface area contributed by atoms with Gasteiger partial charge in [0.05, 0.1) is 12.1 Å². The summed E-state index contributed by atoms with van der Waals surface area (Å²) in [5, 5.41) is 4.97. The minimum atomic E-state index is -0.603. The lowest BCUT2D eigenvalue weighted by molar-refractivity contribution is -0.120. The summed E-state index contributed by atoms with van der Waals surface area (Å²) >= 11 is 0. The maximum Gasteiger partial charge on any atom is 0.254 e. The van der Waals surface area contributed by atoms with Crippen molar-refractivity contribution in [2.45, 2.75) is 19.9 Å². The molecule has 92 valence electrons. The van der Waals surface area contributed by atoms with Crippen LogP contribution in [0, 0.1) is 5.82 Å². The summed E-state index contributed by atoms with van der Waals surface area (Å²) in [5.41, 5.74) is -0.0650. The second kappa shape index (κ2) is 5.98. The summed E-state index contributed by atoms with van der Waals surface area (Å²) in [7, 11) is 0. The number of amides is 2. The zero-order valence-corrected chi connectivity index (χ0v) is 9.79. The highest BCUT2D eigenvalue weighted by molar-refractivity contribution is 5.96. The van der Waals surface area contributed by atoms with Crippen LogP contribution in [-0.4, -0.2) is 24.4 Å². The predicted octanol–water partition coefficient (Wildman–Crippen LogP) is 1.08. The third-order valence-corrected chi connectivity index (χ3v) is 1.98. The molecule has 0 aromatic heterocycles. The fourth-order valence-electron chi connectivity index (χ4n) is 1.27. The molecule has 2 N–H and O–H groups in total. The average molecular weight is 238 g/mol. The van der Waals surface area contributed by atoms with E-state index in [1.807, 2.05) is 13.8 Å². The summed E-state index contributed by atoms with van der Waals surface area (Å²) in [5.74, 6) is -1.50. The maximum absolute atomic E-state index is 13.2. The Kier molecular flexibility index (Phi) is 4.63. The maximum atomic E-state index is 13.2. The van der Waals surface area contributed by atoms with Gasteiger partial charge in [-0.15, -0.1) is 0 Å². The minimum absolute atomic E-state index is 0.00728. The normalized spacial score (nSPS) is 10.1. The lowest BCUT2D eigenvalue weighted by atomic mass is 10.2. The summed E-state index contributed by atoms with van der Waals surface area (Å²) in [6, 6.07) is 5.63. The van der Waals surface area contributed by atoms with Gasteiger partial charge in [0.15, 0.2) is 0 Å². The monoisotopic (exact) mass is 238 g/mol. The molecule has 0 saturated heterocycles. The van der Waals surface area contributed by atoms with Crippen molar-refractivity contribution in [3.05, 3.63) is 35.6 Å². The number of hydrogen-bond donors (Lipinski definition) is 2. The molecule has 1 aromatic rings. The van der Waals surface area contributed by atoms with Crippen molar-refractivity contribution in [3.8, 4) is 0 Å². The number of benzene rings is 1. The Morgan fingerprint density at radius 3 is 2.53 bits per heavy atom. The van der Waals surface area contributed by atoms with Crippen molar-refractivity contribution in [1.82, 2.24) is 10.6 Å². The van der Waals surface area contributed by atoms with E-state index < -0.39 is 11.7 Å². The molecule has 0 fully saturated rings. The van der Waals surface area contributed by atoms with E-state index in [-0.39, 0.29) is 24.1 Å². The topological polar surface area (TPSA) is 58.2 Å². The number of nitrogens with one attached hydrogen (secondary N) is 2. The van der Waals surface area contributed by atoms with Crippen molar-refractivity contribution < 1.29 is 14.0 Å². The fraction of sp³-hybridized carbons (Fsp3) is 0.333. The highest BCUT2D eigenvalue weighted by Gasteiger charge is 2.11. The number of carbonyl (C=O) groups excluding carboxylic acids is 2. The molecule has 1 rings (SSSR count). The quantitative estimate of drug-likeness (QED) is 0.824. The van der Waals surface area contributed by atoms with Crippen LogP contribution in [0.15, 0.2) is 24.3 Å². The Morgan fingerprint density at radius 2 is 1.94 bits per heavy atom. The van der Waals surface area contributed by atoms with Crippen molar-refractivity contribution in [1.29, 1.82) is 0 Å². The molecule has 0 unspecified atom stereocenters. The van der Waals surface area contributed by atoms with E-state index in [1.54, 1.807) is 6.07 Å². The third-order valence-electron chi connectivity index (χ3n) is 1.98. The molecule has 0 aliphatic rings. The van der Waals surface area contributed by atoms with E-state index in [0.29, 0.717) is 0 Å². The number of carbonyl (C=O) groups is 2. The van der Waals surface area contributed by atoms with E-state index in [1.165, 1.54) is 18.2 Å². The van der Waals surface area contributed by atoms with Gasteiger partial charge in [0.25, 0.3) is 5.91 Å². The Morgan fingerprint density at radius 1 is 1.29 bits per heavy atom. The first-order chi connectivity index (χ1) is 8.00. The molecule has 0 aliphatic heterocycles. The van der Waals surface area contributed by atoms with Gasteiger partial charge in [0, 0.05) is 6.04 Å². The van der Waals surface area contributed by atoms with Crippen LogP contribution in [0.25, 0.3) is 0 Å². The average Bonchev–Trinajstić information content (AvgIpc) is 2.25. The van der Waals surface area contributed by atoms with Crippen LogP contribution in [0.5, 0.6) is 0 Å². The molecule has 0 radical (unpaired) electrons. The van der Waals surface area contributed by atoms with Crippen LogP contribution >= 0.6 is 0 Å². The lowest BCUT2D eigenvalue weighted by Crippen LogP contribution is -2.40. The number of hydrogen-bond acceptors (Lipinski definition) is 2. The molecule has 2 amide bonds. The van der Waals surface area contributed by atoms with E-state index >= 15 is 0 Å². The highest BCUT2D eigenvalue weighted by Crippen LogP contribution is 2.05. The van der Waals surface area contributed by atoms with E-state index in [2.05, 4.69) is 10.6 Å². The van der Waals surface area contributed by atoms with Gasteiger partial charge in [0.1, 0.15) is 5.82 Å². The number of halogens is 1. The number of rotatable bonds is 4. The van der Waals surface area contributed by atoms with Gasteiger partial charge >= 0.3 is 0 Å². The van der Waals surface area contributed by atoms with Gasteiger partial charge < -0.3 is 10.6 Å². The van der Waals surface area contributed by atoms with Crippen LogP contribution < -0.4 is 10.6 Å². The SMILES string of the molecule is CC(C)NC(=O)CNC(=O)c1ccccc1F. The highest BCUT2D eigenvalue weighted by atomic mass is 19.1. The Bertz CT molecular complexity index is 419. The van der Waals surface area contributed by atoms with Gasteiger partial charge in [0.2, 0.25) is 5.91 Å². The first kappa shape index (κ1) is 13.2. The van der Waals surface area contributed by atoms with Gasteiger partial charge in [-0.1, -0.05) is 12.1 Å². The van der Waals surface area contributed by atoms with E-state index in [9.17, 15) is 14.0 Å². The molecule has 0 atom stereocenters. The smallest absolute Gasteiger partial charge is 0.254 e. The van der Waals surface area contributed by atoms with Crippen molar-refractivity contribution >= 4 is 11.8 Å². The third kappa shape index (κ3) is 4.22. The first-order valence-electron chi connectivity index (χ1n) is 5.33. The van der Waals surface area contributed by atoms with Gasteiger partial charge in [-0.2, -0.15) is 0 Å². The second-order valence-electron chi connectivity index (χ2n) is 3.88. The second-order valence-corrected chi connectivity index (χ2v) is 3.88. The van der Waals surface area contributed by atoms with Crippen molar-refractivity contribution in [2.75, 3.05) is 6.54 Å². The Hall–Kier alpha value is -1.91. The van der Waals surface area contributed by atoms with Crippen LogP contribution in [0.2, 0.25) is 0 Å².